The summed E-state index contributed by atoms with van der Waals surface area (Å²) < 4.78 is 0. The summed E-state index contributed by atoms with van der Waals surface area (Å²) in [5.41, 5.74) is 7.71. The molecule has 3 aromatic rings. The average molecular weight is 413 g/mol. The van der Waals surface area contributed by atoms with Crippen LogP contribution in [0.15, 0.2) is 54.7 Å². The van der Waals surface area contributed by atoms with E-state index in [0.29, 0.717) is 12.5 Å². The van der Waals surface area contributed by atoms with Crippen molar-refractivity contribution in [2.45, 2.75) is 25.2 Å². The molecule has 0 unspecified atom stereocenters. The number of aromatic nitrogens is 1. The largest absolute Gasteiger partial charge is 0.373 e. The van der Waals surface area contributed by atoms with Gasteiger partial charge in [0.15, 0.2) is 0 Å². The Labute approximate surface area is 183 Å². The molecule has 0 spiro atoms. The van der Waals surface area contributed by atoms with E-state index in [0.717, 1.165) is 53.1 Å². The number of benzene rings is 2. The van der Waals surface area contributed by atoms with Crippen LogP contribution in [0, 0.1) is 0 Å². The molecular formula is C26H28N4O. The third-order valence-corrected chi connectivity index (χ3v) is 6.52. The maximum Gasteiger partial charge on any atom is 0.251 e. The Balaban J connectivity index is 1.48. The summed E-state index contributed by atoms with van der Waals surface area (Å²) in [7, 11) is 1.89. The van der Waals surface area contributed by atoms with Gasteiger partial charge in [0.2, 0.25) is 0 Å². The van der Waals surface area contributed by atoms with Crippen LogP contribution in [0.5, 0.6) is 0 Å². The number of carbonyl (C=O) groups is 1. The maximum atomic E-state index is 12.1. The number of rotatable bonds is 4. The van der Waals surface area contributed by atoms with E-state index in [1.807, 2.05) is 25.4 Å². The van der Waals surface area contributed by atoms with Crippen LogP contribution in [-0.4, -0.2) is 37.6 Å². The zero-order valence-electron chi connectivity index (χ0n) is 17.9. The SMILES string of the molecule is CNc1ncc(-c2ccc(C3CCNCC3)cc2)cc1-c1ccc2c(c1)CCNC2=O. The molecule has 0 atom stereocenters. The number of anilines is 1. The van der Waals surface area contributed by atoms with E-state index in [9.17, 15) is 4.79 Å². The zero-order valence-corrected chi connectivity index (χ0v) is 17.9. The van der Waals surface area contributed by atoms with Gasteiger partial charge >= 0.3 is 0 Å². The summed E-state index contributed by atoms with van der Waals surface area (Å²) in [5, 5.41) is 9.57. The van der Waals surface area contributed by atoms with Crippen molar-refractivity contribution in [3.63, 3.8) is 0 Å². The monoisotopic (exact) mass is 412 g/mol. The lowest BCUT2D eigenvalue weighted by molar-refractivity contribution is 0.0946. The Hall–Kier alpha value is -3.18. The van der Waals surface area contributed by atoms with E-state index in [-0.39, 0.29) is 5.91 Å². The lowest BCUT2D eigenvalue weighted by Crippen LogP contribution is -2.31. The Bertz CT molecular complexity index is 1100. The van der Waals surface area contributed by atoms with Crippen molar-refractivity contribution in [1.29, 1.82) is 0 Å². The fraction of sp³-hybridized carbons (Fsp3) is 0.308. The minimum Gasteiger partial charge on any atom is -0.373 e. The molecule has 1 saturated heterocycles. The first-order valence-corrected chi connectivity index (χ1v) is 11.1. The van der Waals surface area contributed by atoms with Gasteiger partial charge in [-0.1, -0.05) is 36.4 Å². The predicted molar refractivity (Wildman–Crippen MR) is 126 cm³/mol. The van der Waals surface area contributed by atoms with Gasteiger partial charge in [0.1, 0.15) is 5.82 Å². The van der Waals surface area contributed by atoms with Crippen LogP contribution in [0.2, 0.25) is 0 Å². The molecule has 2 aliphatic rings. The van der Waals surface area contributed by atoms with E-state index in [1.54, 1.807) is 0 Å². The number of pyridine rings is 1. The number of hydrogen-bond acceptors (Lipinski definition) is 4. The van der Waals surface area contributed by atoms with Gasteiger partial charge in [-0.05, 0) is 72.7 Å². The third kappa shape index (κ3) is 3.93. The molecule has 5 nitrogen and oxygen atoms in total. The quantitative estimate of drug-likeness (QED) is 0.601. The van der Waals surface area contributed by atoms with Gasteiger partial charge in [0.05, 0.1) is 0 Å². The second kappa shape index (κ2) is 8.52. The third-order valence-electron chi connectivity index (χ3n) is 6.52. The first kappa shape index (κ1) is 19.8. The molecule has 5 heteroatoms. The van der Waals surface area contributed by atoms with Crippen molar-refractivity contribution in [1.82, 2.24) is 15.6 Å². The van der Waals surface area contributed by atoms with Gasteiger partial charge < -0.3 is 16.0 Å². The molecule has 3 heterocycles. The smallest absolute Gasteiger partial charge is 0.251 e. The molecular weight excluding hydrogens is 384 g/mol. The van der Waals surface area contributed by atoms with Gasteiger partial charge in [0.25, 0.3) is 5.91 Å². The number of nitrogens with one attached hydrogen (secondary N) is 3. The van der Waals surface area contributed by atoms with Gasteiger partial charge in [-0.15, -0.1) is 0 Å². The number of nitrogens with zero attached hydrogens (tertiary/aromatic N) is 1. The van der Waals surface area contributed by atoms with Crippen LogP contribution in [0.1, 0.15) is 40.2 Å². The molecule has 1 aromatic heterocycles. The normalized spacial score (nSPS) is 16.5. The van der Waals surface area contributed by atoms with Crippen molar-refractivity contribution in [3.8, 4) is 22.3 Å². The Morgan fingerprint density at radius 2 is 1.68 bits per heavy atom. The van der Waals surface area contributed by atoms with Gasteiger partial charge in [-0.2, -0.15) is 0 Å². The van der Waals surface area contributed by atoms with Crippen LogP contribution < -0.4 is 16.0 Å². The van der Waals surface area contributed by atoms with Crippen LogP contribution in [0.3, 0.4) is 0 Å². The summed E-state index contributed by atoms with van der Waals surface area (Å²) in [5.74, 6) is 1.51. The van der Waals surface area contributed by atoms with Crippen LogP contribution in [0.4, 0.5) is 5.82 Å². The fourth-order valence-electron chi connectivity index (χ4n) is 4.74. The minimum atomic E-state index is 0.0161. The van der Waals surface area contributed by atoms with E-state index in [1.165, 1.54) is 24.0 Å². The molecule has 0 aliphatic carbocycles. The van der Waals surface area contributed by atoms with Crippen molar-refractivity contribution in [2.75, 3.05) is 32.0 Å². The molecule has 1 amide bonds. The number of fused-ring (bicyclic) bond motifs is 1. The van der Waals surface area contributed by atoms with E-state index in [4.69, 9.17) is 4.98 Å². The van der Waals surface area contributed by atoms with Crippen molar-refractivity contribution >= 4 is 11.7 Å². The average Bonchev–Trinajstić information content (AvgIpc) is 2.84. The molecule has 0 bridgehead atoms. The zero-order chi connectivity index (χ0) is 21.2. The highest BCUT2D eigenvalue weighted by atomic mass is 16.1. The Morgan fingerprint density at radius 1 is 0.903 bits per heavy atom. The number of amides is 1. The van der Waals surface area contributed by atoms with Gasteiger partial charge in [-0.3, -0.25) is 4.79 Å². The van der Waals surface area contributed by atoms with Crippen molar-refractivity contribution < 1.29 is 4.79 Å². The number of carbonyl (C=O) groups excluding carboxylic acids is 1. The summed E-state index contributed by atoms with van der Waals surface area (Å²) in [6.45, 7) is 2.90. The molecule has 2 aromatic carbocycles. The lowest BCUT2D eigenvalue weighted by atomic mass is 9.89. The highest BCUT2D eigenvalue weighted by Gasteiger charge is 2.19. The first-order valence-electron chi connectivity index (χ1n) is 11.1. The molecule has 5 rings (SSSR count). The minimum absolute atomic E-state index is 0.0161. The molecule has 0 radical (unpaired) electrons. The molecule has 3 N–H and O–H groups in total. The van der Waals surface area contributed by atoms with Crippen LogP contribution >= 0.6 is 0 Å². The highest BCUT2D eigenvalue weighted by molar-refractivity contribution is 5.97. The van der Waals surface area contributed by atoms with Gasteiger partial charge in [-0.25, -0.2) is 4.98 Å². The van der Waals surface area contributed by atoms with E-state index in [2.05, 4.69) is 52.3 Å². The summed E-state index contributed by atoms with van der Waals surface area (Å²) >= 11 is 0. The summed E-state index contributed by atoms with van der Waals surface area (Å²) in [6, 6.07) is 17.3. The molecule has 31 heavy (non-hydrogen) atoms. The highest BCUT2D eigenvalue weighted by Crippen LogP contribution is 2.34. The second-order valence-corrected chi connectivity index (χ2v) is 8.39. The topological polar surface area (TPSA) is 66.1 Å². The second-order valence-electron chi connectivity index (χ2n) is 8.39. The van der Waals surface area contributed by atoms with E-state index < -0.39 is 0 Å². The Morgan fingerprint density at radius 3 is 2.45 bits per heavy atom. The van der Waals surface area contributed by atoms with Crippen LogP contribution in [-0.2, 0) is 6.42 Å². The van der Waals surface area contributed by atoms with Gasteiger partial charge in [0, 0.05) is 36.5 Å². The summed E-state index contributed by atoms with van der Waals surface area (Å²) in [6.07, 6.45) is 5.20. The molecule has 0 saturated carbocycles. The van der Waals surface area contributed by atoms with Crippen molar-refractivity contribution in [3.05, 3.63) is 71.4 Å². The number of piperidine rings is 1. The number of hydrogen-bond donors (Lipinski definition) is 3. The van der Waals surface area contributed by atoms with Crippen molar-refractivity contribution in [2.24, 2.45) is 0 Å². The lowest BCUT2D eigenvalue weighted by Gasteiger charge is -2.23. The fourth-order valence-corrected chi connectivity index (χ4v) is 4.74. The maximum absolute atomic E-state index is 12.1. The molecule has 158 valence electrons. The standard InChI is InChI=1S/C26H28N4O/c1-27-25-24(20-6-7-23-21(14-20)10-13-29-26(23)31)15-22(16-30-25)18-4-2-17(3-5-18)19-8-11-28-12-9-19/h2-7,14-16,19,28H,8-13H2,1H3,(H,27,30)(H,29,31). The molecule has 1 fully saturated rings. The predicted octanol–water partition coefficient (Wildman–Crippen LogP) is 4.21. The Kier molecular flexibility index (Phi) is 5.43. The molecule has 2 aliphatic heterocycles. The first-order chi connectivity index (χ1) is 15.2. The summed E-state index contributed by atoms with van der Waals surface area (Å²) in [4.78, 5) is 16.8. The van der Waals surface area contributed by atoms with Crippen LogP contribution in [0.25, 0.3) is 22.3 Å². The van der Waals surface area contributed by atoms with E-state index >= 15 is 0 Å².